The van der Waals surface area contributed by atoms with Gasteiger partial charge in [0.2, 0.25) is 17.7 Å². The number of thioether (sulfide) groups is 1. The van der Waals surface area contributed by atoms with Crippen LogP contribution in [0.4, 0.5) is 5.69 Å². The minimum Gasteiger partial charge on any atom is -0.494 e. The number of likely N-dealkylation sites (tertiary alicyclic amines) is 1. The number of amides is 3. The van der Waals surface area contributed by atoms with Crippen LogP contribution in [0.2, 0.25) is 0 Å². The second-order valence-corrected chi connectivity index (χ2v) is 15.5. The summed E-state index contributed by atoms with van der Waals surface area (Å²) in [6.07, 6.45) is 3.72. The van der Waals surface area contributed by atoms with Crippen molar-refractivity contribution < 1.29 is 24.2 Å². The van der Waals surface area contributed by atoms with E-state index in [-0.39, 0.29) is 40.9 Å². The van der Waals surface area contributed by atoms with Gasteiger partial charge in [0.25, 0.3) is 0 Å². The zero-order chi connectivity index (χ0) is 30.2. The third-order valence-corrected chi connectivity index (χ3v) is 10.8. The number of anilines is 1. The summed E-state index contributed by atoms with van der Waals surface area (Å²) in [4.78, 5) is 44.1. The highest BCUT2D eigenvalue weighted by molar-refractivity contribution is 8.02. The smallest absolute Gasteiger partial charge is 0.244 e. The molecule has 6 atom stereocenters. The van der Waals surface area contributed by atoms with Crippen molar-refractivity contribution >= 4 is 35.2 Å². The summed E-state index contributed by atoms with van der Waals surface area (Å²) >= 11 is 1.70. The van der Waals surface area contributed by atoms with E-state index in [1.54, 1.807) is 16.7 Å². The van der Waals surface area contributed by atoms with Gasteiger partial charge in [0.1, 0.15) is 11.8 Å². The van der Waals surface area contributed by atoms with Gasteiger partial charge < -0.3 is 25.4 Å². The van der Waals surface area contributed by atoms with E-state index in [2.05, 4.69) is 38.3 Å². The number of fused-ring (bicyclic) bond motifs is 1. The fraction of sp³-hybridized carbons (Fsp3) is 0.719. The van der Waals surface area contributed by atoms with Gasteiger partial charge in [0, 0.05) is 29.6 Å². The molecule has 41 heavy (non-hydrogen) atoms. The van der Waals surface area contributed by atoms with Crippen LogP contribution in [-0.4, -0.2) is 69.1 Å². The van der Waals surface area contributed by atoms with E-state index in [9.17, 15) is 19.5 Å². The molecular formula is C32H49N3O5S. The molecule has 3 saturated heterocycles. The third-order valence-electron chi connectivity index (χ3n) is 8.72. The predicted molar refractivity (Wildman–Crippen MR) is 164 cm³/mol. The van der Waals surface area contributed by atoms with Crippen LogP contribution in [0.1, 0.15) is 80.6 Å². The Bertz CT molecular complexity index is 1120. The summed E-state index contributed by atoms with van der Waals surface area (Å²) in [5.74, 6) is -0.572. The van der Waals surface area contributed by atoms with E-state index in [0.717, 1.165) is 25.0 Å². The number of hydrogen-bond acceptors (Lipinski definition) is 6. The van der Waals surface area contributed by atoms with E-state index in [1.165, 1.54) is 0 Å². The Morgan fingerprint density at radius 1 is 1.10 bits per heavy atom. The monoisotopic (exact) mass is 587 g/mol. The molecule has 9 heteroatoms. The van der Waals surface area contributed by atoms with Crippen molar-refractivity contribution in [3.8, 4) is 5.75 Å². The number of ether oxygens (including phenoxy) is 1. The molecule has 3 aliphatic rings. The summed E-state index contributed by atoms with van der Waals surface area (Å²) in [6.45, 7) is 15.7. The van der Waals surface area contributed by atoms with E-state index >= 15 is 0 Å². The number of aliphatic hydroxyl groups is 1. The van der Waals surface area contributed by atoms with Crippen LogP contribution in [0.15, 0.2) is 24.3 Å². The van der Waals surface area contributed by atoms with Crippen LogP contribution in [0.5, 0.6) is 5.75 Å². The number of carbonyl (C=O) groups is 3. The van der Waals surface area contributed by atoms with E-state index < -0.39 is 28.2 Å². The molecule has 2 bridgehead atoms. The lowest BCUT2D eigenvalue weighted by Gasteiger charge is -2.41. The number of carbonyl (C=O) groups excluding carboxylic acids is 3. The van der Waals surface area contributed by atoms with Crippen LogP contribution in [0.25, 0.3) is 0 Å². The normalized spacial score (nSPS) is 29.0. The highest BCUT2D eigenvalue weighted by Gasteiger charge is 2.76. The fourth-order valence-electron chi connectivity index (χ4n) is 7.73. The fourth-order valence-corrected chi connectivity index (χ4v) is 10.2. The zero-order valence-corrected chi connectivity index (χ0v) is 26.6. The molecule has 0 aliphatic carbocycles. The van der Waals surface area contributed by atoms with E-state index in [4.69, 9.17) is 4.74 Å². The van der Waals surface area contributed by atoms with Crippen LogP contribution in [0, 0.1) is 23.2 Å². The maximum Gasteiger partial charge on any atom is 0.244 e. The molecule has 3 heterocycles. The van der Waals surface area contributed by atoms with Gasteiger partial charge in [-0.1, -0.05) is 27.7 Å². The summed E-state index contributed by atoms with van der Waals surface area (Å²) in [5, 5.41) is 15.6. The highest BCUT2D eigenvalue weighted by atomic mass is 32.2. The molecule has 228 valence electrons. The molecule has 0 aromatic heterocycles. The first-order chi connectivity index (χ1) is 19.2. The first kappa shape index (κ1) is 31.7. The molecule has 0 saturated carbocycles. The maximum absolute atomic E-state index is 14.3. The van der Waals surface area contributed by atoms with Crippen molar-refractivity contribution in [3.05, 3.63) is 24.3 Å². The van der Waals surface area contributed by atoms with Gasteiger partial charge in [-0.25, -0.2) is 0 Å². The molecule has 0 radical (unpaired) electrons. The Balaban J connectivity index is 1.63. The van der Waals surface area contributed by atoms with Gasteiger partial charge in [-0.15, -0.1) is 11.8 Å². The summed E-state index contributed by atoms with van der Waals surface area (Å²) < 4.78 is 4.87. The molecule has 3 amide bonds. The van der Waals surface area contributed by atoms with Gasteiger partial charge in [0.05, 0.1) is 23.2 Å². The molecule has 4 rings (SSSR count). The van der Waals surface area contributed by atoms with Gasteiger partial charge in [-0.2, -0.15) is 0 Å². The average Bonchev–Trinajstić information content (AvgIpc) is 3.45. The third kappa shape index (κ3) is 6.41. The lowest BCUT2D eigenvalue weighted by atomic mass is 9.65. The predicted octanol–water partition coefficient (Wildman–Crippen LogP) is 4.85. The Labute approximate surface area is 249 Å². The van der Waals surface area contributed by atoms with Crippen molar-refractivity contribution in [3.63, 3.8) is 0 Å². The lowest BCUT2D eigenvalue weighted by Crippen LogP contribution is -2.60. The number of nitrogens with one attached hydrogen (secondary N) is 2. The highest BCUT2D eigenvalue weighted by Crippen LogP contribution is 2.68. The lowest BCUT2D eigenvalue weighted by molar-refractivity contribution is -0.139. The molecular weight excluding hydrogens is 538 g/mol. The molecule has 1 aromatic carbocycles. The first-order valence-electron chi connectivity index (χ1n) is 15.2. The SMILES string of the molecule is CCOc1ccc(NC(=O)[C@@H]2[C@H]3C(=O)N(CCCCCO)C(C(=O)NC(C)(C)CC(C)(C)C)C34S[C@@H]2CC4C)cc1. The number of unbranched alkanes of at least 4 members (excludes halogenated alkanes) is 2. The average molecular weight is 588 g/mol. The first-order valence-corrected chi connectivity index (χ1v) is 16.1. The quantitative estimate of drug-likeness (QED) is 0.302. The molecule has 1 spiro atoms. The molecule has 1 aromatic rings. The van der Waals surface area contributed by atoms with Crippen molar-refractivity contribution in [1.82, 2.24) is 10.2 Å². The zero-order valence-electron chi connectivity index (χ0n) is 25.8. The van der Waals surface area contributed by atoms with Crippen molar-refractivity contribution in [1.29, 1.82) is 0 Å². The molecule has 8 nitrogen and oxygen atoms in total. The second-order valence-electron chi connectivity index (χ2n) is 13.9. The van der Waals surface area contributed by atoms with E-state index in [0.29, 0.717) is 31.7 Å². The molecule has 3 aliphatic heterocycles. The molecule has 3 unspecified atom stereocenters. The van der Waals surface area contributed by atoms with Crippen LogP contribution in [0.3, 0.4) is 0 Å². The largest absolute Gasteiger partial charge is 0.494 e. The van der Waals surface area contributed by atoms with Crippen molar-refractivity contribution in [2.45, 2.75) is 102 Å². The minimum absolute atomic E-state index is 0.0175. The van der Waals surface area contributed by atoms with Gasteiger partial charge >= 0.3 is 0 Å². The molecule has 3 fully saturated rings. The Hall–Kier alpha value is -2.26. The maximum atomic E-state index is 14.3. The number of aliphatic hydroxyl groups excluding tert-OH is 1. The number of rotatable bonds is 12. The van der Waals surface area contributed by atoms with E-state index in [1.807, 2.05) is 45.0 Å². The summed E-state index contributed by atoms with van der Waals surface area (Å²) in [5.41, 5.74) is 0.230. The minimum atomic E-state index is -0.651. The number of benzene rings is 1. The van der Waals surface area contributed by atoms with Gasteiger partial charge in [0.15, 0.2) is 0 Å². The van der Waals surface area contributed by atoms with Gasteiger partial charge in [-0.05, 0) is 88.5 Å². The Kier molecular flexibility index (Phi) is 9.39. The van der Waals surface area contributed by atoms with Gasteiger partial charge in [-0.3, -0.25) is 14.4 Å². The van der Waals surface area contributed by atoms with Crippen molar-refractivity contribution in [2.24, 2.45) is 23.2 Å². The Morgan fingerprint density at radius 3 is 2.39 bits per heavy atom. The van der Waals surface area contributed by atoms with Crippen LogP contribution < -0.4 is 15.4 Å². The second kappa shape index (κ2) is 12.2. The van der Waals surface area contributed by atoms with Crippen LogP contribution in [-0.2, 0) is 14.4 Å². The van der Waals surface area contributed by atoms with Crippen LogP contribution >= 0.6 is 11.8 Å². The van der Waals surface area contributed by atoms with Crippen molar-refractivity contribution in [2.75, 3.05) is 25.1 Å². The number of hydrogen-bond donors (Lipinski definition) is 3. The Morgan fingerprint density at radius 2 is 1.78 bits per heavy atom. The molecule has 3 N–H and O–H groups in total. The number of nitrogens with zero attached hydrogens (tertiary/aromatic N) is 1. The standard InChI is InChI=1S/C32H49N3O5S/c1-8-40-22-14-12-21(13-15-22)33-27(37)24-23-18-20(2)32(41-23)25(24)29(39)35(16-10-9-11-17-36)26(32)28(38)34-31(6,7)19-30(3,4)5/h12-15,20,23-26,36H,8-11,16-19H2,1-7H3,(H,33,37)(H,34,38)/t20?,23-,24+,25+,26?,32?/m1/s1. The summed E-state index contributed by atoms with van der Waals surface area (Å²) in [7, 11) is 0. The topological polar surface area (TPSA) is 108 Å². The summed E-state index contributed by atoms with van der Waals surface area (Å²) in [6, 6.07) is 6.65.